The Balaban J connectivity index is 2.44. The van der Waals surface area contributed by atoms with Crippen LogP contribution in [0.3, 0.4) is 0 Å². The molecule has 1 saturated heterocycles. The summed E-state index contributed by atoms with van der Waals surface area (Å²) >= 11 is 0. The molecule has 0 aromatic rings. The zero-order valence-corrected chi connectivity index (χ0v) is 12.8. The van der Waals surface area contributed by atoms with E-state index in [9.17, 15) is 4.79 Å². The molecular weight excluding hydrogens is 242 g/mol. The van der Waals surface area contributed by atoms with Crippen LogP contribution in [0.4, 0.5) is 0 Å². The number of ether oxygens (including phenoxy) is 1. The molecule has 1 aliphatic heterocycles. The Morgan fingerprint density at radius 2 is 2.21 bits per heavy atom. The van der Waals surface area contributed by atoms with Crippen molar-refractivity contribution >= 4 is 5.97 Å². The highest BCUT2D eigenvalue weighted by Crippen LogP contribution is 2.20. The van der Waals surface area contributed by atoms with Gasteiger partial charge in [-0.3, -0.25) is 9.69 Å². The molecule has 1 aliphatic rings. The van der Waals surface area contributed by atoms with Crippen molar-refractivity contribution in [2.24, 2.45) is 5.73 Å². The number of carbonyl (C=O) groups excluding carboxylic acids is 1. The van der Waals surface area contributed by atoms with Gasteiger partial charge < -0.3 is 15.4 Å². The maximum absolute atomic E-state index is 11.8. The molecule has 0 aliphatic carbocycles. The standard InChI is InChI=1S/C14H29N3O2/c1-5-19-13(18)14(2,15)8-10-17-9-6-7-12(17)11-16(3)4/h12H,5-11,15H2,1-4H3. The summed E-state index contributed by atoms with van der Waals surface area (Å²) in [5.74, 6) is -0.293. The molecule has 112 valence electrons. The van der Waals surface area contributed by atoms with Gasteiger partial charge >= 0.3 is 5.97 Å². The summed E-state index contributed by atoms with van der Waals surface area (Å²) in [4.78, 5) is 16.4. The Labute approximate surface area is 117 Å². The number of rotatable bonds is 7. The van der Waals surface area contributed by atoms with Gasteiger partial charge in [0.2, 0.25) is 0 Å². The van der Waals surface area contributed by atoms with Crippen molar-refractivity contribution in [3.63, 3.8) is 0 Å². The van der Waals surface area contributed by atoms with Crippen molar-refractivity contribution in [2.45, 2.75) is 44.7 Å². The molecule has 0 aromatic carbocycles. The maximum Gasteiger partial charge on any atom is 0.325 e. The van der Waals surface area contributed by atoms with Crippen molar-refractivity contribution in [3.8, 4) is 0 Å². The smallest absolute Gasteiger partial charge is 0.325 e. The largest absolute Gasteiger partial charge is 0.465 e. The lowest BCUT2D eigenvalue weighted by atomic mass is 9.99. The van der Waals surface area contributed by atoms with Gasteiger partial charge in [0, 0.05) is 19.1 Å². The molecule has 0 aromatic heterocycles. The van der Waals surface area contributed by atoms with Crippen molar-refractivity contribution in [1.82, 2.24) is 9.80 Å². The molecular formula is C14H29N3O2. The van der Waals surface area contributed by atoms with E-state index in [0.717, 1.165) is 19.6 Å². The first kappa shape index (κ1) is 16.4. The van der Waals surface area contributed by atoms with E-state index < -0.39 is 5.54 Å². The van der Waals surface area contributed by atoms with Crippen LogP contribution in [0.2, 0.25) is 0 Å². The van der Waals surface area contributed by atoms with Crippen molar-refractivity contribution in [2.75, 3.05) is 40.3 Å². The summed E-state index contributed by atoms with van der Waals surface area (Å²) in [6.07, 6.45) is 3.12. The normalized spacial score (nSPS) is 23.6. The van der Waals surface area contributed by atoms with Gasteiger partial charge in [-0.05, 0) is 53.8 Å². The lowest BCUT2D eigenvalue weighted by Gasteiger charge is -2.30. The third-order valence-corrected chi connectivity index (χ3v) is 3.74. The summed E-state index contributed by atoms with van der Waals surface area (Å²) in [6.45, 7) is 7.00. The van der Waals surface area contributed by atoms with E-state index >= 15 is 0 Å². The van der Waals surface area contributed by atoms with Gasteiger partial charge in [-0.2, -0.15) is 0 Å². The summed E-state index contributed by atoms with van der Waals surface area (Å²) in [5.41, 5.74) is 5.19. The molecule has 2 N–H and O–H groups in total. The van der Waals surface area contributed by atoms with E-state index in [0.29, 0.717) is 19.1 Å². The summed E-state index contributed by atoms with van der Waals surface area (Å²) in [6, 6.07) is 0.591. The lowest BCUT2D eigenvalue weighted by molar-refractivity contribution is -0.149. The van der Waals surface area contributed by atoms with E-state index in [1.165, 1.54) is 12.8 Å². The van der Waals surface area contributed by atoms with Gasteiger partial charge in [-0.25, -0.2) is 0 Å². The van der Waals surface area contributed by atoms with Crippen molar-refractivity contribution in [1.29, 1.82) is 0 Å². The molecule has 19 heavy (non-hydrogen) atoms. The second-order valence-corrected chi connectivity index (χ2v) is 5.98. The van der Waals surface area contributed by atoms with E-state index in [4.69, 9.17) is 10.5 Å². The van der Waals surface area contributed by atoms with Gasteiger partial charge in [0.15, 0.2) is 0 Å². The molecule has 2 unspecified atom stereocenters. The Hall–Kier alpha value is -0.650. The first-order valence-corrected chi connectivity index (χ1v) is 7.21. The minimum absolute atomic E-state index is 0.293. The van der Waals surface area contributed by atoms with Gasteiger partial charge in [-0.15, -0.1) is 0 Å². The first-order valence-electron chi connectivity index (χ1n) is 7.21. The Morgan fingerprint density at radius 1 is 1.53 bits per heavy atom. The van der Waals surface area contributed by atoms with Crippen LogP contribution in [0.25, 0.3) is 0 Å². The topological polar surface area (TPSA) is 58.8 Å². The second-order valence-electron chi connectivity index (χ2n) is 5.98. The van der Waals surface area contributed by atoms with E-state index in [1.807, 2.05) is 6.92 Å². The average Bonchev–Trinajstić information content (AvgIpc) is 2.73. The Bertz CT molecular complexity index is 292. The minimum Gasteiger partial charge on any atom is -0.465 e. The zero-order chi connectivity index (χ0) is 14.5. The number of likely N-dealkylation sites (tertiary alicyclic amines) is 1. The summed E-state index contributed by atoms with van der Waals surface area (Å²) in [7, 11) is 4.20. The molecule has 5 nitrogen and oxygen atoms in total. The fraction of sp³-hybridized carbons (Fsp3) is 0.929. The predicted octanol–water partition coefficient (Wildman–Crippen LogP) is 0.683. The molecule has 1 fully saturated rings. The molecule has 1 rings (SSSR count). The number of nitrogens with two attached hydrogens (primary N) is 1. The molecule has 0 radical (unpaired) electrons. The minimum atomic E-state index is -0.874. The molecule has 0 bridgehead atoms. The van der Waals surface area contributed by atoms with Crippen LogP contribution in [-0.4, -0.2) is 67.7 Å². The Morgan fingerprint density at radius 3 is 2.79 bits per heavy atom. The number of likely N-dealkylation sites (N-methyl/N-ethyl adjacent to an activating group) is 1. The van der Waals surface area contributed by atoms with Crippen LogP contribution >= 0.6 is 0 Å². The molecule has 0 saturated carbocycles. The third-order valence-electron chi connectivity index (χ3n) is 3.74. The molecule has 0 amide bonds. The van der Waals surface area contributed by atoms with E-state index in [1.54, 1.807) is 6.92 Å². The number of nitrogens with zero attached hydrogens (tertiary/aromatic N) is 2. The monoisotopic (exact) mass is 271 g/mol. The lowest BCUT2D eigenvalue weighted by Crippen LogP contribution is -2.49. The van der Waals surface area contributed by atoms with E-state index in [2.05, 4.69) is 23.9 Å². The molecule has 0 spiro atoms. The third kappa shape index (κ3) is 5.09. The van der Waals surface area contributed by atoms with Crippen LogP contribution in [0, 0.1) is 0 Å². The fourth-order valence-electron chi connectivity index (χ4n) is 2.59. The SMILES string of the molecule is CCOC(=O)C(C)(N)CCN1CCCC1CN(C)C. The number of hydrogen-bond acceptors (Lipinski definition) is 5. The highest BCUT2D eigenvalue weighted by atomic mass is 16.5. The molecule has 1 heterocycles. The highest BCUT2D eigenvalue weighted by molar-refractivity contribution is 5.79. The molecule has 5 heteroatoms. The van der Waals surface area contributed by atoms with Crippen molar-refractivity contribution < 1.29 is 9.53 Å². The zero-order valence-electron chi connectivity index (χ0n) is 12.8. The number of esters is 1. The van der Waals surface area contributed by atoms with Crippen LogP contribution in [-0.2, 0) is 9.53 Å². The van der Waals surface area contributed by atoms with Gasteiger partial charge in [0.1, 0.15) is 5.54 Å². The first-order chi connectivity index (χ1) is 8.86. The Kier molecular flexibility index (Phi) is 6.23. The van der Waals surface area contributed by atoms with Crippen LogP contribution < -0.4 is 5.73 Å². The summed E-state index contributed by atoms with van der Waals surface area (Å²) < 4.78 is 5.02. The predicted molar refractivity (Wildman–Crippen MR) is 77.0 cm³/mol. The quantitative estimate of drug-likeness (QED) is 0.690. The van der Waals surface area contributed by atoms with E-state index in [-0.39, 0.29) is 5.97 Å². The maximum atomic E-state index is 11.8. The summed E-state index contributed by atoms with van der Waals surface area (Å²) in [5, 5.41) is 0. The van der Waals surface area contributed by atoms with Crippen LogP contribution in [0.15, 0.2) is 0 Å². The number of carbonyl (C=O) groups is 1. The fourth-order valence-corrected chi connectivity index (χ4v) is 2.59. The van der Waals surface area contributed by atoms with Gasteiger partial charge in [-0.1, -0.05) is 0 Å². The number of hydrogen-bond donors (Lipinski definition) is 1. The highest BCUT2D eigenvalue weighted by Gasteiger charge is 2.32. The van der Waals surface area contributed by atoms with Gasteiger partial charge in [0.05, 0.1) is 6.61 Å². The second kappa shape index (κ2) is 7.22. The average molecular weight is 271 g/mol. The molecule has 2 atom stereocenters. The van der Waals surface area contributed by atoms with Crippen LogP contribution in [0.5, 0.6) is 0 Å². The van der Waals surface area contributed by atoms with Crippen LogP contribution in [0.1, 0.15) is 33.1 Å². The van der Waals surface area contributed by atoms with Crippen molar-refractivity contribution in [3.05, 3.63) is 0 Å². The van der Waals surface area contributed by atoms with Gasteiger partial charge in [0.25, 0.3) is 0 Å².